The zero-order chi connectivity index (χ0) is 23.0. The fourth-order valence-electron chi connectivity index (χ4n) is 3.07. The first-order valence-electron chi connectivity index (χ1n) is 8.80. The normalized spacial score (nSPS) is 13.3. The highest BCUT2D eigenvalue weighted by Crippen LogP contribution is 2.45. The molecule has 1 heterocycles. The van der Waals surface area contributed by atoms with Crippen molar-refractivity contribution in [2.24, 2.45) is 5.10 Å². The number of alkyl halides is 7. The van der Waals surface area contributed by atoms with Crippen LogP contribution < -0.4 is 5.43 Å². The van der Waals surface area contributed by atoms with Gasteiger partial charge in [-0.05, 0) is 30.7 Å². The van der Waals surface area contributed by atoms with Crippen LogP contribution in [-0.4, -0.2) is 28.9 Å². The van der Waals surface area contributed by atoms with Crippen LogP contribution in [-0.2, 0) is 6.54 Å². The number of hydrogen-bond acceptors (Lipinski definition) is 2. The van der Waals surface area contributed by atoms with Crippen LogP contribution in [0.3, 0.4) is 0 Å². The average molecular weight is 466 g/mol. The zero-order valence-corrected chi connectivity index (χ0v) is 16.6. The molecule has 1 aromatic heterocycles. The summed E-state index contributed by atoms with van der Waals surface area (Å²) in [6.45, 7) is 2.00. The number of aromatic nitrogens is 1. The van der Waals surface area contributed by atoms with Gasteiger partial charge in [0.1, 0.15) is 0 Å². The van der Waals surface area contributed by atoms with E-state index in [-0.39, 0.29) is 5.56 Å². The van der Waals surface area contributed by atoms with Crippen LogP contribution in [0.25, 0.3) is 10.9 Å². The van der Waals surface area contributed by atoms with Crippen LogP contribution >= 0.6 is 11.6 Å². The summed E-state index contributed by atoms with van der Waals surface area (Å²) >= 11 is 6.00. The Kier molecular flexibility index (Phi) is 5.96. The lowest BCUT2D eigenvalue weighted by Gasteiger charge is -2.27. The summed E-state index contributed by atoms with van der Waals surface area (Å²) in [6.07, 6.45) is -5.64. The van der Waals surface area contributed by atoms with Gasteiger partial charge in [0.25, 0.3) is 0 Å². The molecule has 0 unspecified atom stereocenters. The molecule has 2 aromatic carbocycles. The topological polar surface area (TPSA) is 29.3 Å². The van der Waals surface area contributed by atoms with E-state index in [4.69, 9.17) is 11.6 Å². The molecule has 0 fully saturated rings. The van der Waals surface area contributed by atoms with Crippen molar-refractivity contribution in [2.75, 3.05) is 0 Å². The first kappa shape index (κ1) is 22.9. The Bertz CT molecular complexity index is 1120. The maximum absolute atomic E-state index is 13.4. The zero-order valence-electron chi connectivity index (χ0n) is 15.8. The van der Waals surface area contributed by atoms with Gasteiger partial charge in [0.2, 0.25) is 0 Å². The van der Waals surface area contributed by atoms with Crippen molar-refractivity contribution in [1.29, 1.82) is 0 Å². The summed E-state index contributed by atoms with van der Waals surface area (Å²) in [5.41, 5.74) is 3.01. The summed E-state index contributed by atoms with van der Waals surface area (Å²) in [4.78, 5) is 0. The van der Waals surface area contributed by atoms with Gasteiger partial charge >= 0.3 is 18.1 Å². The Morgan fingerprint density at radius 1 is 1.00 bits per heavy atom. The molecule has 3 nitrogen and oxygen atoms in total. The van der Waals surface area contributed by atoms with Crippen LogP contribution in [0.1, 0.15) is 16.8 Å². The van der Waals surface area contributed by atoms with Crippen LogP contribution in [0, 0.1) is 6.92 Å². The van der Waals surface area contributed by atoms with Crippen LogP contribution in [0.4, 0.5) is 30.7 Å². The van der Waals surface area contributed by atoms with Gasteiger partial charge in [-0.2, -0.15) is 35.8 Å². The molecule has 1 N–H and O–H groups in total. The van der Waals surface area contributed by atoms with Gasteiger partial charge in [-0.3, -0.25) is 0 Å². The highest BCUT2D eigenvalue weighted by Gasteiger charge is 2.73. The van der Waals surface area contributed by atoms with E-state index in [2.05, 4.69) is 5.10 Å². The SMILES string of the molecule is Cc1c(/C=N\NC(F)(F)C(F)(F)C(F)(F)F)c2ccccc2n1Cc1cccc(Cl)c1. The summed E-state index contributed by atoms with van der Waals surface area (Å²) in [6, 6.07) is 8.22. The molecule has 0 saturated carbocycles. The molecule has 0 saturated heterocycles. The van der Waals surface area contributed by atoms with E-state index in [0.29, 0.717) is 33.6 Å². The van der Waals surface area contributed by atoms with Gasteiger partial charge in [0.15, 0.2) is 0 Å². The summed E-state index contributed by atoms with van der Waals surface area (Å²) < 4.78 is 91.5. The number of para-hydroxylation sites is 1. The predicted molar refractivity (Wildman–Crippen MR) is 104 cm³/mol. The molecule has 0 aliphatic carbocycles. The number of rotatable bonds is 6. The Balaban J connectivity index is 1.95. The molecule has 31 heavy (non-hydrogen) atoms. The molecule has 0 spiro atoms. The standard InChI is InChI=1S/C20H15ClF7N3/c1-12-16(10-29-30-20(27,28)18(22,23)19(24,25)26)15-7-2-3-8-17(15)31(12)11-13-5-4-6-14(21)9-13/h2-10,30H,11H2,1H3/b29-10-. The van der Waals surface area contributed by atoms with E-state index in [1.807, 2.05) is 10.6 Å². The number of hydrazone groups is 1. The molecular weight excluding hydrogens is 451 g/mol. The third-order valence-corrected chi connectivity index (χ3v) is 4.89. The minimum absolute atomic E-state index is 0.288. The lowest BCUT2D eigenvalue weighted by atomic mass is 10.1. The number of fused-ring (bicyclic) bond motifs is 1. The van der Waals surface area contributed by atoms with Crippen molar-refractivity contribution in [1.82, 2.24) is 9.99 Å². The first-order chi connectivity index (χ1) is 14.3. The van der Waals surface area contributed by atoms with E-state index in [9.17, 15) is 30.7 Å². The first-order valence-corrected chi connectivity index (χ1v) is 9.18. The monoisotopic (exact) mass is 465 g/mol. The Hall–Kier alpha value is -2.75. The van der Waals surface area contributed by atoms with E-state index in [1.54, 1.807) is 49.4 Å². The lowest BCUT2D eigenvalue weighted by molar-refractivity contribution is -0.361. The minimum Gasteiger partial charge on any atom is -0.340 e. The molecule has 3 aromatic rings. The summed E-state index contributed by atoms with van der Waals surface area (Å²) in [5, 5.41) is 4.07. The quantitative estimate of drug-likeness (QED) is 0.195. The van der Waals surface area contributed by atoms with E-state index < -0.39 is 18.1 Å². The second-order valence-electron chi connectivity index (χ2n) is 6.75. The molecular formula is C20H15ClF7N3. The molecule has 0 aliphatic rings. The Morgan fingerprint density at radius 3 is 2.32 bits per heavy atom. The minimum atomic E-state index is -6.44. The highest BCUT2D eigenvalue weighted by molar-refractivity contribution is 6.30. The second kappa shape index (κ2) is 8.07. The van der Waals surface area contributed by atoms with Crippen molar-refractivity contribution < 1.29 is 30.7 Å². The average Bonchev–Trinajstić information content (AvgIpc) is 2.93. The summed E-state index contributed by atoms with van der Waals surface area (Å²) in [7, 11) is 0. The van der Waals surface area contributed by atoms with Gasteiger partial charge < -0.3 is 4.57 Å². The molecule has 0 amide bonds. The molecule has 0 radical (unpaired) electrons. The van der Waals surface area contributed by atoms with Crippen molar-refractivity contribution in [3.8, 4) is 0 Å². The van der Waals surface area contributed by atoms with Crippen molar-refractivity contribution >= 4 is 28.7 Å². The van der Waals surface area contributed by atoms with Crippen LogP contribution in [0.15, 0.2) is 53.6 Å². The number of nitrogens with zero attached hydrogens (tertiary/aromatic N) is 2. The maximum atomic E-state index is 13.4. The van der Waals surface area contributed by atoms with Gasteiger partial charge in [-0.25, -0.2) is 5.43 Å². The van der Waals surface area contributed by atoms with Gasteiger partial charge in [-0.15, -0.1) is 0 Å². The second-order valence-corrected chi connectivity index (χ2v) is 7.19. The third-order valence-electron chi connectivity index (χ3n) is 4.66. The van der Waals surface area contributed by atoms with Crippen LogP contribution in [0.2, 0.25) is 5.02 Å². The van der Waals surface area contributed by atoms with Crippen molar-refractivity contribution in [3.05, 3.63) is 70.4 Å². The highest BCUT2D eigenvalue weighted by atomic mass is 35.5. The fraction of sp³-hybridized carbons (Fsp3) is 0.250. The van der Waals surface area contributed by atoms with E-state index >= 15 is 0 Å². The molecule has 0 aliphatic heterocycles. The molecule has 3 rings (SSSR count). The molecule has 0 bridgehead atoms. The fourth-order valence-corrected chi connectivity index (χ4v) is 3.28. The maximum Gasteiger partial charge on any atom is 0.462 e. The number of benzene rings is 2. The van der Waals surface area contributed by atoms with Crippen molar-refractivity contribution in [3.63, 3.8) is 0 Å². The van der Waals surface area contributed by atoms with Gasteiger partial charge in [-0.1, -0.05) is 41.9 Å². The lowest BCUT2D eigenvalue weighted by Crippen LogP contribution is -2.58. The molecule has 11 heteroatoms. The van der Waals surface area contributed by atoms with E-state index in [1.165, 1.54) is 0 Å². The van der Waals surface area contributed by atoms with E-state index in [0.717, 1.165) is 11.8 Å². The molecule has 0 atom stereocenters. The predicted octanol–water partition coefficient (Wildman–Crippen LogP) is 6.37. The van der Waals surface area contributed by atoms with Gasteiger partial charge in [0.05, 0.1) is 6.21 Å². The number of nitrogens with one attached hydrogen (secondary N) is 1. The number of halogens is 8. The van der Waals surface area contributed by atoms with Crippen molar-refractivity contribution in [2.45, 2.75) is 31.6 Å². The van der Waals surface area contributed by atoms with Crippen LogP contribution in [0.5, 0.6) is 0 Å². The summed E-state index contributed by atoms with van der Waals surface area (Å²) in [5.74, 6) is -6.30. The Labute approximate surface area is 177 Å². The largest absolute Gasteiger partial charge is 0.462 e. The third kappa shape index (κ3) is 4.34. The Morgan fingerprint density at radius 2 is 1.68 bits per heavy atom. The molecule has 166 valence electrons. The number of hydrogen-bond donors (Lipinski definition) is 1. The smallest absolute Gasteiger partial charge is 0.340 e. The van der Waals surface area contributed by atoms with Gasteiger partial charge in [0, 0.05) is 33.7 Å².